The summed E-state index contributed by atoms with van der Waals surface area (Å²) in [6.45, 7) is 6.42. The quantitative estimate of drug-likeness (QED) is 0.880. The predicted octanol–water partition coefficient (Wildman–Crippen LogP) is 2.83. The van der Waals surface area contributed by atoms with Gasteiger partial charge in [0, 0.05) is 55.2 Å². The lowest BCUT2D eigenvalue weighted by Crippen LogP contribution is -2.46. The first kappa shape index (κ1) is 18.6. The summed E-state index contributed by atoms with van der Waals surface area (Å²) >= 11 is 1.72. The van der Waals surface area contributed by atoms with E-state index in [2.05, 4.69) is 34.3 Å². The molecule has 4 rings (SSSR count). The van der Waals surface area contributed by atoms with Gasteiger partial charge in [-0.3, -0.25) is 14.7 Å². The molecule has 2 aliphatic heterocycles. The van der Waals surface area contributed by atoms with Crippen LogP contribution >= 0.6 is 11.3 Å². The Morgan fingerprint density at radius 3 is 3.00 bits per heavy atom. The van der Waals surface area contributed by atoms with Crippen LogP contribution in [0.4, 0.5) is 0 Å². The second kappa shape index (κ2) is 8.09. The van der Waals surface area contributed by atoms with Crippen LogP contribution in [0.3, 0.4) is 0 Å². The fourth-order valence-corrected chi connectivity index (χ4v) is 5.16. The van der Waals surface area contributed by atoms with Gasteiger partial charge in [-0.25, -0.2) is 0 Å². The van der Waals surface area contributed by atoms with Crippen molar-refractivity contribution in [3.8, 4) is 0 Å². The average Bonchev–Trinajstić information content (AvgIpc) is 3.11. The Kier molecular flexibility index (Phi) is 5.57. The lowest BCUT2D eigenvalue weighted by atomic mass is 10.0. The van der Waals surface area contributed by atoms with Crippen molar-refractivity contribution < 1.29 is 4.79 Å². The summed E-state index contributed by atoms with van der Waals surface area (Å²) < 4.78 is 0. The smallest absolute Gasteiger partial charge is 0.255 e. The zero-order valence-corrected chi connectivity index (χ0v) is 16.8. The van der Waals surface area contributed by atoms with Crippen molar-refractivity contribution in [1.29, 1.82) is 0 Å². The van der Waals surface area contributed by atoms with Gasteiger partial charge in [0.1, 0.15) is 0 Å². The summed E-state index contributed by atoms with van der Waals surface area (Å²) in [4.78, 5) is 23.3. The van der Waals surface area contributed by atoms with Crippen LogP contribution < -0.4 is 5.73 Å². The van der Waals surface area contributed by atoms with Crippen molar-refractivity contribution in [1.82, 2.24) is 14.8 Å². The molecule has 2 N–H and O–H groups in total. The largest absolute Gasteiger partial charge is 0.337 e. The maximum absolute atomic E-state index is 13.0. The molecule has 2 aromatic rings. The summed E-state index contributed by atoms with van der Waals surface area (Å²) in [5.41, 5.74) is 10.6. The molecular formula is C21H28N4OS. The number of nitrogens with zero attached hydrogens (tertiary/aromatic N) is 3. The minimum absolute atomic E-state index is 0.124. The maximum atomic E-state index is 13.0. The van der Waals surface area contributed by atoms with Gasteiger partial charge in [-0.05, 0) is 42.9 Å². The minimum atomic E-state index is 0.124. The number of carbonyl (C=O) groups excluding carboxylic acids is 1. The highest BCUT2D eigenvalue weighted by molar-refractivity contribution is 7.10. The van der Waals surface area contributed by atoms with E-state index in [0.29, 0.717) is 6.54 Å². The molecule has 27 heavy (non-hydrogen) atoms. The lowest BCUT2D eigenvalue weighted by Gasteiger charge is -2.31. The third kappa shape index (κ3) is 4.08. The van der Waals surface area contributed by atoms with Crippen LogP contribution in [0.1, 0.15) is 51.8 Å². The van der Waals surface area contributed by atoms with E-state index in [4.69, 9.17) is 5.73 Å². The van der Waals surface area contributed by atoms with Crippen molar-refractivity contribution in [2.24, 2.45) is 5.73 Å². The molecule has 0 aliphatic carbocycles. The van der Waals surface area contributed by atoms with Gasteiger partial charge < -0.3 is 10.6 Å². The Labute approximate surface area is 165 Å². The molecule has 2 aromatic heterocycles. The fourth-order valence-electron chi connectivity index (χ4n) is 4.05. The normalized spacial score (nSPS) is 20.5. The second-order valence-electron chi connectivity index (χ2n) is 7.68. The number of fused-ring (bicyclic) bond motifs is 1. The van der Waals surface area contributed by atoms with E-state index in [1.54, 1.807) is 11.3 Å². The molecule has 6 heteroatoms. The Bertz CT molecular complexity index is 801. The molecule has 0 saturated carbocycles. The standard InChI is InChI=1S/C21H28N4OS/c1-2-15-5-6-17(23-10-15)12-24-9-7-18-19(14-27-20(18)13-24)21(26)25-8-3-4-16(22)11-25/h5-6,10,14,16H,2-4,7-9,11-13,22H2,1H3. The molecular weight excluding hydrogens is 356 g/mol. The van der Waals surface area contributed by atoms with E-state index in [1.165, 1.54) is 16.0 Å². The van der Waals surface area contributed by atoms with Crippen molar-refractivity contribution in [2.75, 3.05) is 19.6 Å². The highest BCUT2D eigenvalue weighted by Crippen LogP contribution is 2.30. The topological polar surface area (TPSA) is 62.5 Å². The van der Waals surface area contributed by atoms with Crippen LogP contribution in [-0.2, 0) is 25.9 Å². The molecule has 4 heterocycles. The number of aryl methyl sites for hydroxylation is 1. The SMILES string of the molecule is CCc1ccc(CN2CCc3c(C(=O)N4CCCC(N)C4)csc3C2)nc1. The van der Waals surface area contributed by atoms with E-state index in [9.17, 15) is 4.79 Å². The predicted molar refractivity (Wildman–Crippen MR) is 109 cm³/mol. The Hall–Kier alpha value is -1.76. The second-order valence-corrected chi connectivity index (χ2v) is 8.64. The molecule has 0 bridgehead atoms. The molecule has 1 amide bonds. The molecule has 1 fully saturated rings. The first-order valence-corrected chi connectivity index (χ1v) is 10.8. The van der Waals surface area contributed by atoms with Gasteiger partial charge in [0.2, 0.25) is 0 Å². The van der Waals surface area contributed by atoms with E-state index < -0.39 is 0 Å². The highest BCUT2D eigenvalue weighted by atomic mass is 32.1. The number of aromatic nitrogens is 1. The number of likely N-dealkylation sites (tertiary alicyclic amines) is 1. The molecule has 2 aliphatic rings. The number of hydrogen-bond acceptors (Lipinski definition) is 5. The van der Waals surface area contributed by atoms with E-state index >= 15 is 0 Å². The van der Waals surface area contributed by atoms with Gasteiger partial charge in [0.25, 0.3) is 5.91 Å². The number of hydrogen-bond donors (Lipinski definition) is 1. The first-order valence-electron chi connectivity index (χ1n) is 9.94. The van der Waals surface area contributed by atoms with Crippen LogP contribution in [0, 0.1) is 0 Å². The van der Waals surface area contributed by atoms with Gasteiger partial charge in [0.15, 0.2) is 0 Å². The summed E-state index contributed by atoms with van der Waals surface area (Å²) in [7, 11) is 0. The monoisotopic (exact) mass is 384 g/mol. The Morgan fingerprint density at radius 1 is 1.37 bits per heavy atom. The maximum Gasteiger partial charge on any atom is 0.255 e. The van der Waals surface area contributed by atoms with Crippen molar-refractivity contribution in [3.63, 3.8) is 0 Å². The van der Waals surface area contributed by atoms with Crippen LogP contribution in [0.2, 0.25) is 0 Å². The highest BCUT2D eigenvalue weighted by Gasteiger charge is 2.28. The molecule has 5 nitrogen and oxygen atoms in total. The minimum Gasteiger partial charge on any atom is -0.337 e. The molecule has 0 radical (unpaired) electrons. The number of thiophene rings is 1. The zero-order chi connectivity index (χ0) is 18.8. The average molecular weight is 385 g/mol. The summed E-state index contributed by atoms with van der Waals surface area (Å²) in [6, 6.07) is 4.43. The Balaban J connectivity index is 1.43. The van der Waals surface area contributed by atoms with Gasteiger partial charge >= 0.3 is 0 Å². The molecule has 1 unspecified atom stereocenters. The number of rotatable bonds is 4. The number of pyridine rings is 1. The molecule has 0 spiro atoms. The van der Waals surface area contributed by atoms with E-state index in [-0.39, 0.29) is 11.9 Å². The Morgan fingerprint density at radius 2 is 2.26 bits per heavy atom. The van der Waals surface area contributed by atoms with E-state index in [1.807, 2.05) is 11.1 Å². The number of nitrogens with two attached hydrogens (primary N) is 1. The van der Waals surface area contributed by atoms with Gasteiger partial charge in [-0.2, -0.15) is 0 Å². The summed E-state index contributed by atoms with van der Waals surface area (Å²) in [6.07, 6.45) is 5.97. The zero-order valence-electron chi connectivity index (χ0n) is 16.0. The first-order chi connectivity index (χ1) is 13.1. The summed E-state index contributed by atoms with van der Waals surface area (Å²) in [5.74, 6) is 0.174. The number of amides is 1. The van der Waals surface area contributed by atoms with Gasteiger partial charge in [-0.15, -0.1) is 11.3 Å². The molecule has 144 valence electrons. The summed E-state index contributed by atoms with van der Waals surface area (Å²) in [5, 5.41) is 2.06. The number of piperidine rings is 1. The van der Waals surface area contributed by atoms with E-state index in [0.717, 1.165) is 63.1 Å². The third-order valence-corrected chi connectivity index (χ3v) is 6.69. The third-order valence-electron chi connectivity index (χ3n) is 5.68. The number of carbonyl (C=O) groups is 1. The fraction of sp³-hybridized carbons (Fsp3) is 0.524. The molecule has 0 aromatic carbocycles. The van der Waals surface area contributed by atoms with Crippen molar-refractivity contribution in [2.45, 2.75) is 51.7 Å². The van der Waals surface area contributed by atoms with Crippen LogP contribution in [0.15, 0.2) is 23.7 Å². The van der Waals surface area contributed by atoms with Crippen molar-refractivity contribution >= 4 is 17.2 Å². The molecule has 1 saturated heterocycles. The lowest BCUT2D eigenvalue weighted by molar-refractivity contribution is 0.0707. The van der Waals surface area contributed by atoms with Crippen LogP contribution in [-0.4, -0.2) is 46.4 Å². The molecule has 1 atom stereocenters. The van der Waals surface area contributed by atoms with Gasteiger partial charge in [-0.1, -0.05) is 13.0 Å². The van der Waals surface area contributed by atoms with Crippen LogP contribution in [0.5, 0.6) is 0 Å². The van der Waals surface area contributed by atoms with Crippen molar-refractivity contribution in [3.05, 3.63) is 51.0 Å². The van der Waals surface area contributed by atoms with Crippen LogP contribution in [0.25, 0.3) is 0 Å². The van der Waals surface area contributed by atoms with Gasteiger partial charge in [0.05, 0.1) is 11.3 Å².